The number of fused-ring (bicyclic) bond motifs is 2. The number of nitrogens with zero attached hydrogens (tertiary/aromatic N) is 10. The second-order valence-corrected chi connectivity index (χ2v) is 35.9. The van der Waals surface area contributed by atoms with Crippen molar-refractivity contribution in [2.75, 3.05) is 192 Å². The summed E-state index contributed by atoms with van der Waals surface area (Å²) < 4.78 is 93.9. The fourth-order valence-electron chi connectivity index (χ4n) is 18.5. The van der Waals surface area contributed by atoms with Gasteiger partial charge in [-0.2, -0.15) is 26.3 Å². The van der Waals surface area contributed by atoms with E-state index >= 15 is 0 Å². The number of carboxylic acid groups (broad SMARTS) is 1. The predicted octanol–water partition coefficient (Wildman–Crippen LogP) is 7.39. The number of carbonyl (C=O) groups is 12. The summed E-state index contributed by atoms with van der Waals surface area (Å²) in [7, 11) is 4.05. The molecule has 35 nitrogen and oxygen atoms in total. The number of aliphatic carboxylic acids is 1. The van der Waals surface area contributed by atoms with E-state index in [-0.39, 0.29) is 79.9 Å². The summed E-state index contributed by atoms with van der Waals surface area (Å²) >= 11 is 0. The maximum absolute atomic E-state index is 13.9. The number of hydrogen-bond acceptors (Lipinski definition) is 25. The van der Waals surface area contributed by atoms with Gasteiger partial charge in [-0.15, -0.1) is 0 Å². The Hall–Kier alpha value is -13.5. The molecule has 8 aliphatic heterocycles. The summed E-state index contributed by atoms with van der Waals surface area (Å²) in [5.41, 5.74) is 10.1. The quantitative estimate of drug-likeness (QED) is 0.0110. The van der Waals surface area contributed by atoms with Crippen LogP contribution >= 0.6 is 0 Å². The normalized spacial score (nSPS) is 18.1. The first-order valence-electron chi connectivity index (χ1n) is 47.1. The molecule has 41 heteroatoms. The molecule has 748 valence electrons. The van der Waals surface area contributed by atoms with E-state index in [9.17, 15) is 93.5 Å². The molecule has 6 saturated heterocycles. The number of piperidine rings is 2. The Balaban J connectivity index is 0.000000188. The third kappa shape index (κ3) is 26.6. The number of rotatable bonds is 33. The molecule has 10 heterocycles. The number of aryl methyl sites for hydroxylation is 2. The molecule has 10 N–H and O–H groups in total. The van der Waals surface area contributed by atoms with Crippen LogP contribution in [0, 0.1) is 0 Å². The lowest BCUT2D eigenvalue weighted by Crippen LogP contribution is -2.54. The number of aromatic nitrogens is 2. The molecule has 8 aliphatic rings. The Labute approximate surface area is 808 Å². The van der Waals surface area contributed by atoms with Crippen molar-refractivity contribution in [2.24, 2.45) is 5.73 Å². The lowest BCUT2D eigenvalue weighted by molar-refractivity contribution is -0.139. The molecule has 2 atom stereocenters. The van der Waals surface area contributed by atoms with Gasteiger partial charge in [-0.25, -0.2) is 0 Å². The smallest absolute Gasteiger partial charge is 0.417 e. The highest BCUT2D eigenvalue weighted by Gasteiger charge is 2.48. The van der Waals surface area contributed by atoms with Crippen molar-refractivity contribution in [1.29, 1.82) is 0 Å². The first-order chi connectivity index (χ1) is 67.6. The van der Waals surface area contributed by atoms with E-state index in [0.717, 1.165) is 153 Å². The van der Waals surface area contributed by atoms with Crippen LogP contribution in [-0.4, -0.2) is 309 Å². The van der Waals surface area contributed by atoms with E-state index in [1.54, 1.807) is 42.5 Å². The summed E-state index contributed by atoms with van der Waals surface area (Å²) in [6, 6.07) is 36.4. The van der Waals surface area contributed by atoms with Crippen LogP contribution in [0.15, 0.2) is 155 Å². The number of piperazine rings is 4. The van der Waals surface area contributed by atoms with Gasteiger partial charge in [0.25, 0.3) is 35.4 Å². The number of ether oxygens (including phenoxy) is 2. The van der Waals surface area contributed by atoms with Crippen LogP contribution in [0.3, 0.4) is 0 Å². The third-order valence-electron chi connectivity index (χ3n) is 26.1. The first-order valence-corrected chi connectivity index (χ1v) is 47.1. The van der Waals surface area contributed by atoms with Crippen LogP contribution < -0.4 is 53.2 Å². The highest BCUT2D eigenvalue weighted by molar-refractivity contribution is 6.25. The number of likely N-dealkylation sites (N-methyl/N-ethyl adjacent to an activating group) is 2. The zero-order chi connectivity index (χ0) is 100. The number of imide groups is 4. The Morgan fingerprint density at radius 2 is 0.851 bits per heavy atom. The van der Waals surface area contributed by atoms with Gasteiger partial charge in [0.15, 0.2) is 0 Å². The number of benzene rings is 6. The molecule has 141 heavy (non-hydrogen) atoms. The molecular weight excluding hydrogens is 1840 g/mol. The standard InChI is InChI=1S/C50H56F3N9O8.C31H38F3N7O2.C19H20N2O7/c1-58-17-23-61(24-18-58)40-11-10-35(28-39(40)56-46(66)37-30-55-44(65)29-38(37)50(51,52)53)34-7-2-5-32(27-34)31-60-21-19-59(20-22-60)16-15-54-42(63)14-26-70-25-4-8-33-6-3-9-36-45(33)49(69)62(48(36)68)41-12-13-43(64)57-47(41)67;1-38-9-15-41(16-10-38)28-6-5-24(18-27(28)37-30(43)25-20-36-29(42)19-26(25)31(32,33)34)23-4-2-3-22(17-23)21-40-13-11-39(8-7-35)12-14-40;22-14-7-6-13(17(25)20-14)21-18(26)12-5-1-3-11(16(12)19(21)27)4-2-9-28-10-8-15(23)24/h2-3,5-7,9-11,27-30,41H,4,8,12-26,31H2,1H3,(H,54,63)(H,55,65)(H,56,66)(H,57,64,67);2-6,17-20H,7-16,21,35H2,1H3,(H,36,42)(H,37,43);1,3,5,13H,2,4,6-10H2,(H,23,24)(H,20,22,25). The van der Waals surface area contributed by atoms with Crippen molar-refractivity contribution in [3.05, 3.63) is 233 Å². The van der Waals surface area contributed by atoms with Gasteiger partial charge in [0.05, 0.1) is 86.9 Å². The minimum atomic E-state index is -4.91. The monoisotopic (exact) mass is 1950 g/mol. The molecule has 16 rings (SSSR count). The van der Waals surface area contributed by atoms with Crippen molar-refractivity contribution < 1.29 is 98.5 Å². The number of carboxylic acids is 1. The molecule has 0 radical (unpaired) electrons. The SMILES string of the molecule is CN1CCN(c2ccc(-c3cccc(CN4CCN(CCN)CC4)c3)cc2NC(=O)c2c[nH]c(=O)cc2C(F)(F)F)CC1.CN1CCN(c2ccc(-c3cccc(CN4CCN(CCNC(=O)CCOCCCc5cccc6c5C(=O)N(C5CCC(=O)NC5=O)C6=O)CC4)c3)cc2NC(=O)c2c[nH]c(=O)cc2C(F)(F)F)CC1.O=C(O)CCOCCCc1cccc2c1C(=O)N(C1CCC(=O)NC1=O)C2=O. The fraction of sp³-hybridized carbons (Fsp3) is 0.420. The van der Waals surface area contributed by atoms with Crippen molar-refractivity contribution in [1.82, 2.24) is 65.1 Å². The zero-order valence-corrected chi connectivity index (χ0v) is 78.3. The molecular formula is C100H114F6N18O17. The van der Waals surface area contributed by atoms with Crippen LogP contribution in [0.1, 0.15) is 147 Å². The van der Waals surface area contributed by atoms with E-state index in [4.69, 9.17) is 20.3 Å². The zero-order valence-electron chi connectivity index (χ0n) is 78.3. The maximum Gasteiger partial charge on any atom is 0.417 e. The first kappa shape index (κ1) is 103. The average molecular weight is 1950 g/mol. The number of hydrogen-bond donors (Lipinski definition) is 9. The molecule has 0 bridgehead atoms. The summed E-state index contributed by atoms with van der Waals surface area (Å²) in [6.07, 6.45) is -5.69. The highest BCUT2D eigenvalue weighted by atomic mass is 19.4. The van der Waals surface area contributed by atoms with Gasteiger partial charge in [0.1, 0.15) is 12.1 Å². The van der Waals surface area contributed by atoms with Crippen LogP contribution in [0.4, 0.5) is 49.1 Å². The van der Waals surface area contributed by atoms with Gasteiger partial charge in [-0.1, -0.05) is 72.8 Å². The summed E-state index contributed by atoms with van der Waals surface area (Å²) in [6.45, 7) is 18.4. The van der Waals surface area contributed by atoms with Crippen molar-refractivity contribution >= 4 is 93.7 Å². The van der Waals surface area contributed by atoms with Crippen LogP contribution in [-0.2, 0) is 76.5 Å². The van der Waals surface area contributed by atoms with Gasteiger partial charge in [0.2, 0.25) is 40.7 Å². The Morgan fingerprint density at radius 1 is 0.454 bits per heavy atom. The molecule has 0 aliphatic carbocycles. The summed E-state index contributed by atoms with van der Waals surface area (Å²) in [5.74, 6) is -7.28. The van der Waals surface area contributed by atoms with E-state index in [2.05, 4.69) is 94.0 Å². The number of nitrogens with one attached hydrogen (secondary N) is 7. The Morgan fingerprint density at radius 3 is 1.26 bits per heavy atom. The summed E-state index contributed by atoms with van der Waals surface area (Å²) in [4.78, 5) is 197. The van der Waals surface area contributed by atoms with E-state index < -0.39 is 123 Å². The van der Waals surface area contributed by atoms with Gasteiger partial charge in [-0.05, 0) is 146 Å². The van der Waals surface area contributed by atoms with Crippen molar-refractivity contribution in [3.63, 3.8) is 0 Å². The minimum absolute atomic E-state index is 0.0481. The lowest BCUT2D eigenvalue weighted by atomic mass is 9.99. The lowest BCUT2D eigenvalue weighted by Gasteiger charge is -2.35. The number of amides is 11. The number of halogens is 6. The van der Waals surface area contributed by atoms with Gasteiger partial charge < -0.3 is 65.8 Å². The third-order valence-corrected chi connectivity index (χ3v) is 26.1. The van der Waals surface area contributed by atoms with E-state index in [1.165, 1.54) is 0 Å². The molecule has 11 amide bonds. The minimum Gasteiger partial charge on any atom is -0.481 e. The van der Waals surface area contributed by atoms with Crippen LogP contribution in [0.5, 0.6) is 0 Å². The van der Waals surface area contributed by atoms with Gasteiger partial charge in [-0.3, -0.25) is 107 Å². The molecule has 6 fully saturated rings. The Kier molecular flexibility index (Phi) is 34.6. The van der Waals surface area contributed by atoms with E-state index in [1.807, 2.05) is 74.8 Å². The fourth-order valence-corrected chi connectivity index (χ4v) is 18.5. The number of pyridine rings is 2. The summed E-state index contributed by atoms with van der Waals surface area (Å²) in [5, 5.41) is 21.4. The number of aromatic amines is 2. The molecule has 2 unspecified atom stereocenters. The van der Waals surface area contributed by atoms with E-state index in [0.29, 0.717) is 132 Å². The highest BCUT2D eigenvalue weighted by Crippen LogP contribution is 2.40. The average Bonchev–Trinajstić information content (AvgIpc) is 1.60. The number of H-pyrrole nitrogens is 2. The van der Waals surface area contributed by atoms with Gasteiger partial charge in [0, 0.05) is 201 Å². The molecule has 6 aromatic carbocycles. The number of nitrogens with two attached hydrogens (primary N) is 1. The molecule has 0 saturated carbocycles. The van der Waals surface area contributed by atoms with Crippen molar-refractivity contribution in [2.45, 2.75) is 102 Å². The van der Waals surface area contributed by atoms with Crippen LogP contribution in [0.25, 0.3) is 22.3 Å². The molecule has 0 spiro atoms. The number of alkyl halides is 6. The second-order valence-electron chi connectivity index (χ2n) is 35.9. The molecule has 2 aromatic heterocycles. The molecule has 8 aromatic rings. The second kappa shape index (κ2) is 47.2. The Bertz CT molecular complexity index is 6100. The largest absolute Gasteiger partial charge is 0.481 e. The number of carbonyl (C=O) groups excluding carboxylic acids is 11. The topological polar surface area (TPSA) is 428 Å². The number of anilines is 4. The maximum atomic E-state index is 13.9. The predicted molar refractivity (Wildman–Crippen MR) is 510 cm³/mol. The van der Waals surface area contributed by atoms with Gasteiger partial charge >= 0.3 is 18.3 Å². The van der Waals surface area contributed by atoms with Crippen LogP contribution in [0.2, 0.25) is 0 Å². The van der Waals surface area contributed by atoms with Crippen molar-refractivity contribution in [3.8, 4) is 22.3 Å².